The van der Waals surface area contributed by atoms with Gasteiger partial charge in [0.05, 0.1) is 45.9 Å². The smallest absolute Gasteiger partial charge is 0.259 e. The number of amides is 1. The van der Waals surface area contributed by atoms with Crippen LogP contribution in [0.4, 0.5) is 5.69 Å². The Morgan fingerprint density at radius 3 is 2.17 bits per heavy atom. The monoisotopic (exact) mass is 433 g/mol. The van der Waals surface area contributed by atoms with E-state index in [0.717, 1.165) is 5.41 Å². The van der Waals surface area contributed by atoms with Crippen molar-refractivity contribution in [1.82, 2.24) is 0 Å². The van der Waals surface area contributed by atoms with Gasteiger partial charge >= 0.3 is 0 Å². The first kappa shape index (κ1) is 21.5. The molecule has 0 saturated carbocycles. The summed E-state index contributed by atoms with van der Waals surface area (Å²) in [5, 5.41) is 1.13. The zero-order chi connectivity index (χ0) is 21.9. The fourth-order valence-corrected chi connectivity index (χ4v) is 4.52. The summed E-state index contributed by atoms with van der Waals surface area (Å²) in [7, 11) is 2.56. The number of benzene rings is 2. The zero-order valence-corrected chi connectivity index (χ0v) is 17.9. The van der Waals surface area contributed by atoms with Crippen molar-refractivity contribution in [1.29, 1.82) is 0 Å². The van der Waals surface area contributed by atoms with Gasteiger partial charge in [-0.05, 0) is 36.4 Å². The molecule has 1 aliphatic rings. The number of anilines is 1. The Morgan fingerprint density at radius 1 is 0.900 bits per heavy atom. The molecule has 0 aliphatic carbocycles. The molecule has 1 heterocycles. The minimum Gasteiger partial charge on any atom is -0.497 e. The molecule has 0 spiro atoms. The number of sulfone groups is 1. The van der Waals surface area contributed by atoms with Crippen molar-refractivity contribution >= 4 is 21.4 Å². The third-order valence-electron chi connectivity index (χ3n) is 4.74. The van der Waals surface area contributed by atoms with Crippen molar-refractivity contribution in [3.63, 3.8) is 0 Å². The van der Waals surface area contributed by atoms with Gasteiger partial charge in [-0.15, -0.1) is 0 Å². The van der Waals surface area contributed by atoms with Crippen LogP contribution >= 0.6 is 0 Å². The van der Waals surface area contributed by atoms with Gasteiger partial charge in [-0.2, -0.15) is 0 Å². The van der Waals surface area contributed by atoms with Crippen molar-refractivity contribution in [3.05, 3.63) is 53.4 Å². The Hall–Kier alpha value is -3.20. The molecule has 2 aromatic carbocycles. The van der Waals surface area contributed by atoms with Crippen LogP contribution < -0.4 is 23.8 Å². The van der Waals surface area contributed by atoms with Crippen molar-refractivity contribution in [2.45, 2.75) is 6.04 Å². The van der Waals surface area contributed by atoms with Crippen LogP contribution in [-0.2, 0) is 9.84 Å². The predicted octanol–water partition coefficient (Wildman–Crippen LogP) is 2.68. The van der Waals surface area contributed by atoms with Crippen LogP contribution in [0, 0.1) is 0 Å². The molecule has 1 unspecified atom stereocenters. The molecule has 0 bridgehead atoms. The van der Waals surface area contributed by atoms with Gasteiger partial charge in [0.2, 0.25) is 0 Å². The molecule has 1 aliphatic heterocycles. The maximum Gasteiger partial charge on any atom is 0.259 e. The van der Waals surface area contributed by atoms with Crippen LogP contribution in [0.1, 0.15) is 10.4 Å². The van der Waals surface area contributed by atoms with E-state index in [1.54, 1.807) is 36.4 Å². The molecule has 3 rings (SSSR count). The Balaban J connectivity index is 2.11. The van der Waals surface area contributed by atoms with Crippen LogP contribution in [0.25, 0.3) is 0 Å². The number of ether oxygens (including phenoxy) is 4. The molecule has 0 fully saturated rings. The standard InChI is InChI=1S/C21H23NO7S/c1-26-16-6-7-17(19(12-16)28-3)22(15-9-10-30(24,25)13-15)21(23)14-5-8-18(27-2)20(11-14)29-4/h5-12,15H,13H2,1-4H3. The average molecular weight is 433 g/mol. The van der Waals surface area contributed by atoms with Crippen molar-refractivity contribution in [2.24, 2.45) is 0 Å². The average Bonchev–Trinajstić information content (AvgIpc) is 3.12. The highest BCUT2D eigenvalue weighted by atomic mass is 32.2. The summed E-state index contributed by atoms with van der Waals surface area (Å²) in [6, 6.07) is 9.05. The highest BCUT2D eigenvalue weighted by Gasteiger charge is 2.34. The van der Waals surface area contributed by atoms with Gasteiger partial charge in [0, 0.05) is 17.0 Å². The van der Waals surface area contributed by atoms with Gasteiger partial charge in [-0.3, -0.25) is 9.69 Å². The quantitative estimate of drug-likeness (QED) is 0.663. The lowest BCUT2D eigenvalue weighted by molar-refractivity contribution is 0.0982. The highest BCUT2D eigenvalue weighted by Crippen LogP contribution is 2.37. The van der Waals surface area contributed by atoms with Crippen LogP contribution in [-0.4, -0.2) is 54.6 Å². The molecule has 160 valence electrons. The lowest BCUT2D eigenvalue weighted by Crippen LogP contribution is -2.41. The summed E-state index contributed by atoms with van der Waals surface area (Å²) in [6.07, 6.45) is 1.50. The van der Waals surface area contributed by atoms with Crippen molar-refractivity contribution in [3.8, 4) is 23.0 Å². The van der Waals surface area contributed by atoms with Gasteiger partial charge < -0.3 is 18.9 Å². The minimum atomic E-state index is -3.40. The predicted molar refractivity (Wildman–Crippen MR) is 113 cm³/mol. The molecule has 0 radical (unpaired) electrons. The minimum absolute atomic E-state index is 0.221. The maximum absolute atomic E-state index is 13.5. The van der Waals surface area contributed by atoms with Crippen molar-refractivity contribution in [2.75, 3.05) is 39.1 Å². The van der Waals surface area contributed by atoms with E-state index < -0.39 is 21.8 Å². The van der Waals surface area contributed by atoms with E-state index in [1.165, 1.54) is 39.4 Å². The van der Waals surface area contributed by atoms with Crippen LogP contribution in [0.5, 0.6) is 23.0 Å². The SMILES string of the molecule is COc1ccc(N(C(=O)c2ccc(OC)c(OC)c2)C2C=CS(=O)(=O)C2)c(OC)c1. The second-order valence-corrected chi connectivity index (χ2v) is 8.44. The summed E-state index contributed by atoms with van der Waals surface area (Å²) in [6.45, 7) is 0. The fraction of sp³-hybridized carbons (Fsp3) is 0.286. The molecular formula is C21H23NO7S. The van der Waals surface area contributed by atoms with E-state index >= 15 is 0 Å². The Labute approximate surface area is 175 Å². The van der Waals surface area contributed by atoms with E-state index in [4.69, 9.17) is 18.9 Å². The van der Waals surface area contributed by atoms with E-state index in [2.05, 4.69) is 0 Å². The van der Waals surface area contributed by atoms with E-state index in [-0.39, 0.29) is 5.75 Å². The number of rotatable bonds is 7. The molecule has 1 atom stereocenters. The van der Waals surface area contributed by atoms with Crippen LogP contribution in [0.2, 0.25) is 0 Å². The number of nitrogens with zero attached hydrogens (tertiary/aromatic N) is 1. The Kier molecular flexibility index (Phi) is 6.21. The molecule has 2 aromatic rings. The number of methoxy groups -OCH3 is 4. The van der Waals surface area contributed by atoms with E-state index in [0.29, 0.717) is 34.2 Å². The lowest BCUT2D eigenvalue weighted by atomic mass is 10.1. The fourth-order valence-electron chi connectivity index (χ4n) is 3.25. The van der Waals surface area contributed by atoms with Gasteiger partial charge in [0.25, 0.3) is 5.91 Å². The second-order valence-electron chi connectivity index (χ2n) is 6.51. The molecule has 0 N–H and O–H groups in total. The molecule has 8 nitrogen and oxygen atoms in total. The van der Waals surface area contributed by atoms with Gasteiger partial charge in [-0.1, -0.05) is 0 Å². The van der Waals surface area contributed by atoms with Crippen molar-refractivity contribution < 1.29 is 32.2 Å². The molecule has 1 amide bonds. The normalized spacial score (nSPS) is 16.7. The molecular weight excluding hydrogens is 410 g/mol. The first-order valence-corrected chi connectivity index (χ1v) is 10.7. The van der Waals surface area contributed by atoms with Crippen LogP contribution in [0.15, 0.2) is 47.9 Å². The van der Waals surface area contributed by atoms with Gasteiger partial charge in [-0.25, -0.2) is 8.42 Å². The largest absolute Gasteiger partial charge is 0.497 e. The van der Waals surface area contributed by atoms with E-state index in [9.17, 15) is 13.2 Å². The van der Waals surface area contributed by atoms with E-state index in [1.807, 2.05) is 0 Å². The number of hydrogen-bond donors (Lipinski definition) is 0. The summed E-state index contributed by atoms with van der Waals surface area (Å²) >= 11 is 0. The first-order valence-electron chi connectivity index (χ1n) is 9.02. The maximum atomic E-state index is 13.5. The number of carbonyl (C=O) groups excluding carboxylic acids is 1. The lowest BCUT2D eigenvalue weighted by Gasteiger charge is -2.29. The summed E-state index contributed by atoms with van der Waals surface area (Å²) in [5.74, 6) is 1.16. The topological polar surface area (TPSA) is 91.4 Å². The molecule has 30 heavy (non-hydrogen) atoms. The number of carbonyl (C=O) groups is 1. The second kappa shape index (κ2) is 8.66. The van der Waals surface area contributed by atoms with Gasteiger partial charge in [0.15, 0.2) is 21.3 Å². The highest BCUT2D eigenvalue weighted by molar-refractivity contribution is 7.94. The molecule has 0 aromatic heterocycles. The zero-order valence-electron chi connectivity index (χ0n) is 17.1. The summed E-state index contributed by atoms with van der Waals surface area (Å²) in [4.78, 5) is 15.0. The Bertz CT molecular complexity index is 1080. The summed E-state index contributed by atoms with van der Waals surface area (Å²) in [5.41, 5.74) is 0.730. The third kappa shape index (κ3) is 4.20. The molecule has 9 heteroatoms. The van der Waals surface area contributed by atoms with Gasteiger partial charge in [0.1, 0.15) is 11.5 Å². The Morgan fingerprint density at radius 2 is 1.60 bits per heavy atom. The summed E-state index contributed by atoms with van der Waals surface area (Å²) < 4.78 is 45.3. The van der Waals surface area contributed by atoms with Crippen LogP contribution in [0.3, 0.4) is 0 Å². The third-order valence-corrected chi connectivity index (χ3v) is 6.12. The molecule has 0 saturated heterocycles. The number of hydrogen-bond acceptors (Lipinski definition) is 7. The first-order chi connectivity index (χ1) is 14.3.